The summed E-state index contributed by atoms with van der Waals surface area (Å²) in [6.45, 7) is 2.33. The molecule has 8 heteroatoms. The molecule has 25 heavy (non-hydrogen) atoms. The molecule has 0 radical (unpaired) electrons. The summed E-state index contributed by atoms with van der Waals surface area (Å²) in [5, 5.41) is 7.42. The number of ether oxygens (including phenoxy) is 1. The molecule has 1 saturated carbocycles. The van der Waals surface area contributed by atoms with Gasteiger partial charge in [-0.05, 0) is 49.8 Å². The summed E-state index contributed by atoms with van der Waals surface area (Å²) in [6, 6.07) is 6.39. The van der Waals surface area contributed by atoms with Gasteiger partial charge in [-0.2, -0.15) is 0 Å². The van der Waals surface area contributed by atoms with Crippen LogP contribution in [0.3, 0.4) is 0 Å². The summed E-state index contributed by atoms with van der Waals surface area (Å²) in [7, 11) is 0. The Morgan fingerprint density at radius 3 is 2.84 bits per heavy atom. The molecule has 2 N–H and O–H groups in total. The highest BCUT2D eigenvalue weighted by Crippen LogP contribution is 2.47. The fraction of sp³-hybridized carbons (Fsp3) is 0.294. The van der Waals surface area contributed by atoms with Crippen LogP contribution >= 0.6 is 35.4 Å². The molecule has 1 aromatic carbocycles. The maximum Gasteiger partial charge on any atom is 0.172 e. The second kappa shape index (κ2) is 7.72. The van der Waals surface area contributed by atoms with Gasteiger partial charge < -0.3 is 15.4 Å². The number of pyridine rings is 1. The standard InChI is InChI=1S/C17H16Cl2FN3OS/c1-2-24-13-5-4-11(20)15(16(13)19)10-7-12(10)22-17(25)23-14-6-3-9(18)8-21-14/h3-6,8,10,12H,2,7H2,1H3,(H2,21,22,23,25). The van der Waals surface area contributed by atoms with Crippen LogP contribution in [0.15, 0.2) is 30.5 Å². The van der Waals surface area contributed by atoms with E-state index in [0.717, 1.165) is 6.42 Å². The minimum absolute atomic E-state index is 0.0103. The number of halogens is 3. The predicted molar refractivity (Wildman–Crippen MR) is 102 cm³/mol. The maximum absolute atomic E-state index is 14.2. The molecule has 0 amide bonds. The summed E-state index contributed by atoms with van der Waals surface area (Å²) in [6.07, 6.45) is 2.27. The first-order valence-corrected chi connectivity index (χ1v) is 8.95. The highest BCUT2D eigenvalue weighted by molar-refractivity contribution is 7.80. The van der Waals surface area contributed by atoms with E-state index < -0.39 is 0 Å². The van der Waals surface area contributed by atoms with E-state index in [1.54, 1.807) is 18.2 Å². The van der Waals surface area contributed by atoms with E-state index >= 15 is 0 Å². The van der Waals surface area contributed by atoms with Gasteiger partial charge in [-0.3, -0.25) is 0 Å². The quantitative estimate of drug-likeness (QED) is 0.709. The average Bonchev–Trinajstić information content (AvgIpc) is 3.31. The lowest BCUT2D eigenvalue weighted by Gasteiger charge is -2.13. The molecule has 4 nitrogen and oxygen atoms in total. The second-order valence-electron chi connectivity index (χ2n) is 5.61. The van der Waals surface area contributed by atoms with E-state index in [4.69, 9.17) is 40.2 Å². The van der Waals surface area contributed by atoms with Gasteiger partial charge in [0.25, 0.3) is 0 Å². The normalized spacial score (nSPS) is 18.6. The fourth-order valence-electron chi connectivity index (χ4n) is 2.60. The third-order valence-corrected chi connectivity index (χ3v) is 4.67. The molecular formula is C17H16Cl2FN3OS. The van der Waals surface area contributed by atoms with Crippen LogP contribution in [-0.2, 0) is 0 Å². The van der Waals surface area contributed by atoms with Gasteiger partial charge in [0.15, 0.2) is 5.11 Å². The van der Waals surface area contributed by atoms with Crippen LogP contribution in [-0.4, -0.2) is 22.7 Å². The van der Waals surface area contributed by atoms with Crippen molar-refractivity contribution in [3.63, 3.8) is 0 Å². The van der Waals surface area contributed by atoms with Crippen molar-refractivity contribution in [2.75, 3.05) is 11.9 Å². The summed E-state index contributed by atoms with van der Waals surface area (Å²) >= 11 is 17.4. The van der Waals surface area contributed by atoms with E-state index in [0.29, 0.717) is 38.9 Å². The molecule has 1 aliphatic rings. The van der Waals surface area contributed by atoms with Crippen molar-refractivity contribution in [3.05, 3.63) is 51.9 Å². The van der Waals surface area contributed by atoms with Crippen LogP contribution in [0.1, 0.15) is 24.8 Å². The molecule has 132 valence electrons. The number of hydrogen-bond donors (Lipinski definition) is 2. The molecule has 1 aromatic heterocycles. The number of hydrogen-bond acceptors (Lipinski definition) is 3. The molecule has 3 rings (SSSR count). The van der Waals surface area contributed by atoms with Crippen LogP contribution < -0.4 is 15.4 Å². The molecule has 0 bridgehead atoms. The zero-order valence-corrected chi connectivity index (χ0v) is 15.7. The van der Waals surface area contributed by atoms with E-state index in [1.807, 2.05) is 6.92 Å². The zero-order chi connectivity index (χ0) is 18.0. The number of thiocarbonyl (C=S) groups is 1. The Hall–Kier alpha value is -1.63. The molecule has 0 saturated heterocycles. The number of nitrogens with one attached hydrogen (secondary N) is 2. The lowest BCUT2D eigenvalue weighted by molar-refractivity contribution is 0.339. The second-order valence-corrected chi connectivity index (χ2v) is 6.84. The summed E-state index contributed by atoms with van der Waals surface area (Å²) in [5.41, 5.74) is 0.470. The Labute approximate surface area is 160 Å². The van der Waals surface area contributed by atoms with Gasteiger partial charge in [-0.25, -0.2) is 9.37 Å². The van der Waals surface area contributed by atoms with Gasteiger partial charge in [0.2, 0.25) is 0 Å². The Morgan fingerprint density at radius 2 is 2.16 bits per heavy atom. The van der Waals surface area contributed by atoms with Gasteiger partial charge in [-0.15, -0.1) is 0 Å². The van der Waals surface area contributed by atoms with Crippen molar-refractivity contribution >= 4 is 46.4 Å². The van der Waals surface area contributed by atoms with Crippen molar-refractivity contribution in [2.24, 2.45) is 0 Å². The van der Waals surface area contributed by atoms with Crippen LogP contribution in [0.5, 0.6) is 5.75 Å². The molecule has 1 fully saturated rings. The van der Waals surface area contributed by atoms with Gasteiger partial charge in [0, 0.05) is 23.7 Å². The van der Waals surface area contributed by atoms with E-state index in [1.165, 1.54) is 12.3 Å². The third-order valence-electron chi connectivity index (χ3n) is 3.84. The smallest absolute Gasteiger partial charge is 0.172 e. The van der Waals surface area contributed by atoms with Gasteiger partial charge in [0.05, 0.1) is 16.7 Å². The van der Waals surface area contributed by atoms with E-state index in [-0.39, 0.29) is 17.8 Å². The number of benzene rings is 1. The highest BCUT2D eigenvalue weighted by Gasteiger charge is 2.42. The minimum Gasteiger partial charge on any atom is -0.492 e. The van der Waals surface area contributed by atoms with Crippen molar-refractivity contribution in [1.29, 1.82) is 0 Å². The topological polar surface area (TPSA) is 46.2 Å². The monoisotopic (exact) mass is 399 g/mol. The largest absolute Gasteiger partial charge is 0.492 e. The predicted octanol–water partition coefficient (Wildman–Crippen LogP) is 4.77. The number of rotatable bonds is 5. The first kappa shape index (κ1) is 18.2. The molecule has 2 unspecified atom stereocenters. The van der Waals surface area contributed by atoms with Crippen molar-refractivity contribution in [3.8, 4) is 5.75 Å². The molecule has 1 aliphatic carbocycles. The lowest BCUT2D eigenvalue weighted by atomic mass is 10.1. The summed E-state index contributed by atoms with van der Waals surface area (Å²) < 4.78 is 19.7. The van der Waals surface area contributed by atoms with Crippen LogP contribution in [0.4, 0.5) is 10.2 Å². The molecule has 0 spiro atoms. The number of anilines is 1. The van der Waals surface area contributed by atoms with E-state index in [2.05, 4.69) is 15.6 Å². The molecule has 1 heterocycles. The Kier molecular flexibility index (Phi) is 5.61. The molecule has 0 aliphatic heterocycles. The molecule has 2 aromatic rings. The third kappa shape index (κ3) is 4.32. The van der Waals surface area contributed by atoms with Gasteiger partial charge in [-0.1, -0.05) is 23.2 Å². The Morgan fingerprint density at radius 1 is 1.36 bits per heavy atom. The number of aromatic nitrogens is 1. The molecule has 2 atom stereocenters. The number of nitrogens with zero attached hydrogens (tertiary/aromatic N) is 1. The summed E-state index contributed by atoms with van der Waals surface area (Å²) in [5.74, 6) is 0.700. The van der Waals surface area contributed by atoms with Gasteiger partial charge in [0.1, 0.15) is 17.4 Å². The highest BCUT2D eigenvalue weighted by atomic mass is 35.5. The zero-order valence-electron chi connectivity index (χ0n) is 13.4. The Balaban J connectivity index is 1.64. The maximum atomic E-state index is 14.2. The van der Waals surface area contributed by atoms with Crippen LogP contribution in [0.25, 0.3) is 0 Å². The Bertz CT molecular complexity index is 788. The van der Waals surface area contributed by atoms with Crippen LogP contribution in [0.2, 0.25) is 10.0 Å². The van der Waals surface area contributed by atoms with E-state index in [9.17, 15) is 4.39 Å². The minimum atomic E-state index is -0.332. The first-order chi connectivity index (χ1) is 12.0. The van der Waals surface area contributed by atoms with Crippen molar-refractivity contribution in [1.82, 2.24) is 10.3 Å². The first-order valence-electron chi connectivity index (χ1n) is 7.79. The lowest BCUT2D eigenvalue weighted by Crippen LogP contribution is -2.31. The van der Waals surface area contributed by atoms with Crippen LogP contribution in [0, 0.1) is 5.82 Å². The fourth-order valence-corrected chi connectivity index (χ4v) is 3.32. The van der Waals surface area contributed by atoms with Gasteiger partial charge >= 0.3 is 0 Å². The SMILES string of the molecule is CCOc1ccc(F)c(C2CC2NC(=S)Nc2ccc(Cl)cn2)c1Cl. The van der Waals surface area contributed by atoms with Crippen molar-refractivity contribution in [2.45, 2.75) is 25.3 Å². The van der Waals surface area contributed by atoms with Crippen molar-refractivity contribution < 1.29 is 9.13 Å². The molecular weight excluding hydrogens is 384 g/mol. The average molecular weight is 400 g/mol. The summed E-state index contributed by atoms with van der Waals surface area (Å²) in [4.78, 5) is 4.12.